The molecule has 0 atom stereocenters. The number of aryl methyl sites for hydroxylation is 1. The summed E-state index contributed by atoms with van der Waals surface area (Å²) < 4.78 is 3.91. The van der Waals surface area contributed by atoms with Crippen molar-refractivity contribution in [2.75, 3.05) is 0 Å². The van der Waals surface area contributed by atoms with Crippen molar-refractivity contribution >= 4 is 22.8 Å². The third-order valence-electron chi connectivity index (χ3n) is 3.85. The predicted octanol–water partition coefficient (Wildman–Crippen LogP) is 0.628. The van der Waals surface area contributed by atoms with Crippen molar-refractivity contribution in [2.24, 2.45) is 14.1 Å². The molecule has 3 rings (SSSR count). The van der Waals surface area contributed by atoms with Gasteiger partial charge < -0.3 is 9.67 Å². The third kappa shape index (κ3) is 2.47. The first kappa shape index (κ1) is 15.5. The Labute approximate surface area is 136 Å². The fourth-order valence-corrected chi connectivity index (χ4v) is 2.72. The number of fused-ring (bicyclic) bond motifs is 1. The Morgan fingerprint density at radius 3 is 2.30 bits per heavy atom. The van der Waals surface area contributed by atoms with Crippen molar-refractivity contribution in [2.45, 2.75) is 13.2 Å². The summed E-state index contributed by atoms with van der Waals surface area (Å²) >= 11 is 6.17. The zero-order chi connectivity index (χ0) is 16.7. The van der Waals surface area contributed by atoms with Gasteiger partial charge >= 0.3 is 5.69 Å². The predicted molar refractivity (Wildman–Crippen MR) is 86.7 cm³/mol. The molecule has 0 saturated carbocycles. The van der Waals surface area contributed by atoms with Crippen molar-refractivity contribution in [1.82, 2.24) is 18.7 Å². The van der Waals surface area contributed by atoms with Crippen LogP contribution in [0.4, 0.5) is 0 Å². The van der Waals surface area contributed by atoms with Crippen molar-refractivity contribution in [3.05, 3.63) is 61.5 Å². The molecule has 1 N–H and O–H groups in total. The molecular formula is C15H15ClN4O3. The van der Waals surface area contributed by atoms with Crippen LogP contribution in [0.5, 0.6) is 0 Å². The number of aliphatic hydroxyl groups excluding tert-OH is 1. The van der Waals surface area contributed by atoms with Crippen LogP contribution in [0.25, 0.3) is 11.2 Å². The summed E-state index contributed by atoms with van der Waals surface area (Å²) in [6, 6.07) is 7.30. The van der Waals surface area contributed by atoms with Crippen LogP contribution >= 0.6 is 11.6 Å². The number of aromatic nitrogens is 4. The molecule has 0 aliphatic carbocycles. The Kier molecular flexibility index (Phi) is 3.83. The molecule has 0 amide bonds. The van der Waals surface area contributed by atoms with E-state index < -0.39 is 11.2 Å². The smallest absolute Gasteiger partial charge is 0.332 e. The molecule has 0 aliphatic rings. The summed E-state index contributed by atoms with van der Waals surface area (Å²) in [5.41, 5.74) is 1.36. The summed E-state index contributed by atoms with van der Waals surface area (Å²) in [5.74, 6) is 0. The lowest BCUT2D eigenvalue weighted by Crippen LogP contribution is -2.37. The van der Waals surface area contributed by atoms with E-state index in [0.717, 1.165) is 15.7 Å². The highest BCUT2D eigenvalue weighted by atomic mass is 35.5. The van der Waals surface area contributed by atoms with Gasteiger partial charge in [0, 0.05) is 14.1 Å². The average Bonchev–Trinajstić information content (AvgIpc) is 2.88. The van der Waals surface area contributed by atoms with E-state index in [9.17, 15) is 9.59 Å². The molecule has 0 aliphatic heterocycles. The number of benzene rings is 1. The molecule has 0 spiro atoms. The maximum absolute atomic E-state index is 12.4. The number of hydrogen-bond acceptors (Lipinski definition) is 4. The van der Waals surface area contributed by atoms with Gasteiger partial charge in [-0.3, -0.25) is 13.9 Å². The Morgan fingerprint density at radius 1 is 1.09 bits per heavy atom. The summed E-state index contributed by atoms with van der Waals surface area (Å²) in [5, 5.41) is 9.22. The van der Waals surface area contributed by atoms with Gasteiger partial charge in [0.05, 0.1) is 13.2 Å². The summed E-state index contributed by atoms with van der Waals surface area (Å²) in [6.07, 6.45) is 0. The fraction of sp³-hybridized carbons (Fsp3) is 0.267. The molecule has 0 unspecified atom stereocenters. The minimum absolute atomic E-state index is 0.0301. The third-order valence-corrected chi connectivity index (χ3v) is 4.14. The second-order valence-corrected chi connectivity index (χ2v) is 5.66. The molecule has 0 fully saturated rings. The molecule has 3 aromatic rings. The number of nitrogens with zero attached hydrogens (tertiary/aromatic N) is 4. The number of halogens is 1. The number of hydrogen-bond donors (Lipinski definition) is 1. The fourth-order valence-electron chi connectivity index (χ4n) is 2.50. The van der Waals surface area contributed by atoms with Gasteiger partial charge in [-0.1, -0.05) is 24.3 Å². The van der Waals surface area contributed by atoms with E-state index in [4.69, 9.17) is 16.7 Å². The minimum Gasteiger partial charge on any atom is -0.392 e. The van der Waals surface area contributed by atoms with Gasteiger partial charge in [-0.2, -0.15) is 4.98 Å². The van der Waals surface area contributed by atoms with Gasteiger partial charge in [0.25, 0.3) is 5.56 Å². The van der Waals surface area contributed by atoms with Crippen molar-refractivity contribution in [3.8, 4) is 0 Å². The largest absolute Gasteiger partial charge is 0.392 e. The topological polar surface area (TPSA) is 82.0 Å². The van der Waals surface area contributed by atoms with Crippen LogP contribution in [0.2, 0.25) is 5.28 Å². The molecule has 0 radical (unpaired) electrons. The van der Waals surface area contributed by atoms with Crippen LogP contribution in [0.3, 0.4) is 0 Å². The van der Waals surface area contributed by atoms with Crippen LogP contribution < -0.4 is 11.2 Å². The molecule has 120 valence electrons. The summed E-state index contributed by atoms with van der Waals surface area (Å²) in [4.78, 5) is 28.5. The number of imidazole rings is 1. The molecule has 1 aromatic carbocycles. The highest BCUT2D eigenvalue weighted by Gasteiger charge is 2.18. The first-order valence-electron chi connectivity index (χ1n) is 6.94. The lowest BCUT2D eigenvalue weighted by atomic mass is 10.1. The van der Waals surface area contributed by atoms with E-state index in [1.165, 1.54) is 11.6 Å². The standard InChI is InChI=1S/C15H15ClN4O3/c1-18-12-11(13(22)19(2)15(18)23)20(14(16)17-12)7-9-3-5-10(8-21)6-4-9/h3-6,21H,7-8H2,1-2H3. The number of aliphatic hydroxyl groups is 1. The maximum atomic E-state index is 12.4. The molecule has 7 nitrogen and oxygen atoms in total. The quantitative estimate of drug-likeness (QED) is 0.712. The van der Waals surface area contributed by atoms with Crippen molar-refractivity contribution in [3.63, 3.8) is 0 Å². The second-order valence-electron chi connectivity index (χ2n) is 5.32. The van der Waals surface area contributed by atoms with E-state index in [2.05, 4.69) is 4.98 Å². The van der Waals surface area contributed by atoms with Crippen molar-refractivity contribution in [1.29, 1.82) is 0 Å². The zero-order valence-electron chi connectivity index (χ0n) is 12.7. The van der Waals surface area contributed by atoms with E-state index in [0.29, 0.717) is 6.54 Å². The molecule has 0 saturated heterocycles. The Hall–Kier alpha value is -2.38. The second kappa shape index (κ2) is 5.68. The van der Waals surface area contributed by atoms with Gasteiger partial charge in [-0.15, -0.1) is 0 Å². The lowest BCUT2D eigenvalue weighted by Gasteiger charge is -2.08. The van der Waals surface area contributed by atoms with Crippen molar-refractivity contribution < 1.29 is 5.11 Å². The normalized spacial score (nSPS) is 11.3. The van der Waals surface area contributed by atoms with Crippen LogP contribution in [-0.4, -0.2) is 23.8 Å². The van der Waals surface area contributed by atoms with Crippen LogP contribution in [0.1, 0.15) is 11.1 Å². The SMILES string of the molecule is Cn1c(=O)c2c(nc(Cl)n2Cc2ccc(CO)cc2)n(C)c1=O. The van der Waals surface area contributed by atoms with Gasteiger partial charge in [-0.25, -0.2) is 4.79 Å². The molecule has 2 heterocycles. The molecule has 23 heavy (non-hydrogen) atoms. The Balaban J connectivity index is 2.19. The average molecular weight is 335 g/mol. The van der Waals surface area contributed by atoms with Gasteiger partial charge in [0.2, 0.25) is 5.28 Å². The summed E-state index contributed by atoms with van der Waals surface area (Å²) in [6.45, 7) is 0.312. The van der Waals surface area contributed by atoms with E-state index in [1.807, 2.05) is 12.1 Å². The summed E-state index contributed by atoms with van der Waals surface area (Å²) in [7, 11) is 2.97. The highest BCUT2D eigenvalue weighted by Crippen LogP contribution is 2.18. The van der Waals surface area contributed by atoms with E-state index in [-0.39, 0.29) is 23.1 Å². The van der Waals surface area contributed by atoms with Crippen LogP contribution in [0, 0.1) is 0 Å². The first-order chi connectivity index (χ1) is 10.9. The molecular weight excluding hydrogens is 320 g/mol. The highest BCUT2D eigenvalue weighted by molar-refractivity contribution is 6.29. The monoisotopic (exact) mass is 334 g/mol. The maximum Gasteiger partial charge on any atom is 0.332 e. The van der Waals surface area contributed by atoms with Gasteiger partial charge in [0.1, 0.15) is 0 Å². The van der Waals surface area contributed by atoms with Gasteiger partial charge in [-0.05, 0) is 22.7 Å². The number of rotatable bonds is 3. The van der Waals surface area contributed by atoms with Crippen LogP contribution in [-0.2, 0) is 27.2 Å². The zero-order valence-corrected chi connectivity index (χ0v) is 13.4. The molecule has 0 bridgehead atoms. The lowest BCUT2D eigenvalue weighted by molar-refractivity contribution is 0.282. The molecule has 2 aromatic heterocycles. The first-order valence-corrected chi connectivity index (χ1v) is 7.32. The Bertz CT molecular complexity index is 999. The van der Waals surface area contributed by atoms with E-state index >= 15 is 0 Å². The molecule has 8 heteroatoms. The van der Waals surface area contributed by atoms with Crippen LogP contribution in [0.15, 0.2) is 33.9 Å². The Morgan fingerprint density at radius 2 is 1.70 bits per heavy atom. The van der Waals surface area contributed by atoms with E-state index in [1.54, 1.807) is 23.7 Å². The minimum atomic E-state index is -0.448. The van der Waals surface area contributed by atoms with Gasteiger partial charge in [0.15, 0.2) is 11.2 Å².